The zero-order valence-electron chi connectivity index (χ0n) is 13.0. The molecule has 1 heterocycles. The van der Waals surface area contributed by atoms with Crippen molar-refractivity contribution in [2.45, 2.75) is 51.6 Å². The Morgan fingerprint density at radius 3 is 2.64 bits per heavy atom. The maximum atomic E-state index is 9.48. The molecule has 5 nitrogen and oxygen atoms in total. The van der Waals surface area contributed by atoms with Crippen LogP contribution in [-0.2, 0) is 6.61 Å². The minimum Gasteiger partial charge on any atom is -0.494 e. The number of benzene rings is 1. The average Bonchev–Trinajstić information content (AvgIpc) is 2.90. The lowest BCUT2D eigenvalue weighted by Gasteiger charge is -2.26. The lowest BCUT2D eigenvalue weighted by Crippen LogP contribution is -2.16. The number of aliphatic hydroxyl groups excluding tert-OH is 1. The molecule has 0 spiro atoms. The summed E-state index contributed by atoms with van der Waals surface area (Å²) in [5.74, 6) is 1.35. The van der Waals surface area contributed by atoms with Gasteiger partial charge in [-0.25, -0.2) is 4.68 Å². The Balaban J connectivity index is 1.80. The van der Waals surface area contributed by atoms with E-state index in [2.05, 4.69) is 17.2 Å². The van der Waals surface area contributed by atoms with Crippen LogP contribution in [0, 0.1) is 0 Å². The predicted molar refractivity (Wildman–Crippen MR) is 84.3 cm³/mol. The number of aromatic nitrogens is 3. The summed E-state index contributed by atoms with van der Waals surface area (Å²) in [6, 6.07) is 7.93. The molecule has 0 aliphatic heterocycles. The monoisotopic (exact) mass is 301 g/mol. The zero-order chi connectivity index (χ0) is 15.4. The van der Waals surface area contributed by atoms with Gasteiger partial charge in [0.1, 0.15) is 11.4 Å². The van der Waals surface area contributed by atoms with Crippen LogP contribution in [0.2, 0.25) is 0 Å². The Morgan fingerprint density at radius 1 is 1.27 bits per heavy atom. The summed E-state index contributed by atoms with van der Waals surface area (Å²) in [5, 5.41) is 17.8. The highest BCUT2D eigenvalue weighted by molar-refractivity contribution is 5.39. The molecule has 1 aliphatic carbocycles. The number of ether oxygens (including phenoxy) is 1. The highest BCUT2D eigenvalue weighted by Gasteiger charge is 2.27. The van der Waals surface area contributed by atoms with E-state index in [-0.39, 0.29) is 6.61 Å². The van der Waals surface area contributed by atoms with Crippen LogP contribution in [0.15, 0.2) is 24.3 Å². The summed E-state index contributed by atoms with van der Waals surface area (Å²) in [7, 11) is 0. The van der Waals surface area contributed by atoms with Crippen molar-refractivity contribution in [3.63, 3.8) is 0 Å². The van der Waals surface area contributed by atoms with Crippen molar-refractivity contribution in [2.24, 2.45) is 0 Å². The molecular weight excluding hydrogens is 278 g/mol. The van der Waals surface area contributed by atoms with Crippen molar-refractivity contribution in [3.05, 3.63) is 35.7 Å². The standard InChI is InChI=1S/C17H23N3O2/c1-2-3-11-22-15-9-7-14(8-10-15)20-17(13-5-4-6-13)16(12-21)18-19-20/h7-10,13,21H,2-6,11-12H2,1H3. The Morgan fingerprint density at radius 2 is 2.05 bits per heavy atom. The van der Waals surface area contributed by atoms with E-state index < -0.39 is 0 Å². The van der Waals surface area contributed by atoms with Crippen molar-refractivity contribution in [2.75, 3.05) is 6.61 Å². The highest BCUT2D eigenvalue weighted by atomic mass is 16.5. The molecule has 118 valence electrons. The second kappa shape index (κ2) is 6.92. The second-order valence-corrected chi connectivity index (χ2v) is 5.82. The fourth-order valence-corrected chi connectivity index (χ4v) is 2.73. The van der Waals surface area contributed by atoms with Gasteiger partial charge >= 0.3 is 0 Å². The van der Waals surface area contributed by atoms with E-state index >= 15 is 0 Å². The lowest BCUT2D eigenvalue weighted by atomic mass is 9.82. The van der Waals surface area contributed by atoms with E-state index in [1.54, 1.807) is 0 Å². The molecule has 0 bridgehead atoms. The van der Waals surface area contributed by atoms with Crippen LogP contribution in [-0.4, -0.2) is 26.7 Å². The van der Waals surface area contributed by atoms with Crippen LogP contribution in [0.3, 0.4) is 0 Å². The van der Waals surface area contributed by atoms with E-state index in [1.807, 2.05) is 28.9 Å². The van der Waals surface area contributed by atoms with Gasteiger partial charge in [-0.05, 0) is 43.5 Å². The van der Waals surface area contributed by atoms with Crippen molar-refractivity contribution in [1.29, 1.82) is 0 Å². The molecule has 1 aromatic heterocycles. The first-order valence-electron chi connectivity index (χ1n) is 8.12. The van der Waals surface area contributed by atoms with Crippen molar-refractivity contribution < 1.29 is 9.84 Å². The van der Waals surface area contributed by atoms with Crippen LogP contribution < -0.4 is 4.74 Å². The van der Waals surface area contributed by atoms with E-state index in [0.29, 0.717) is 11.6 Å². The zero-order valence-corrected chi connectivity index (χ0v) is 13.0. The number of nitrogens with zero attached hydrogens (tertiary/aromatic N) is 3. The van der Waals surface area contributed by atoms with E-state index in [4.69, 9.17) is 4.74 Å². The summed E-state index contributed by atoms with van der Waals surface area (Å²) in [6.07, 6.45) is 5.74. The number of rotatable bonds is 7. The maximum Gasteiger partial charge on any atom is 0.119 e. The molecule has 1 saturated carbocycles. The van der Waals surface area contributed by atoms with Gasteiger partial charge < -0.3 is 9.84 Å². The third-order valence-electron chi connectivity index (χ3n) is 4.27. The number of unbranched alkanes of at least 4 members (excludes halogenated alkanes) is 1. The van der Waals surface area contributed by atoms with E-state index in [1.165, 1.54) is 6.42 Å². The third kappa shape index (κ3) is 2.99. The molecular formula is C17H23N3O2. The fourth-order valence-electron chi connectivity index (χ4n) is 2.73. The van der Waals surface area contributed by atoms with Crippen LogP contribution in [0.25, 0.3) is 5.69 Å². The Hall–Kier alpha value is -1.88. The Kier molecular flexibility index (Phi) is 4.73. The molecule has 1 aromatic carbocycles. The first-order chi connectivity index (χ1) is 10.8. The molecule has 0 amide bonds. The van der Waals surface area contributed by atoms with Gasteiger partial charge in [0.2, 0.25) is 0 Å². The second-order valence-electron chi connectivity index (χ2n) is 5.82. The normalized spacial score (nSPS) is 14.8. The lowest BCUT2D eigenvalue weighted by molar-refractivity contribution is 0.272. The van der Waals surface area contributed by atoms with Gasteiger partial charge in [0.15, 0.2) is 0 Å². The number of aliphatic hydroxyl groups is 1. The topological polar surface area (TPSA) is 60.2 Å². The Bertz CT molecular complexity index is 603. The van der Waals surface area contributed by atoms with E-state index in [9.17, 15) is 5.11 Å². The van der Waals surface area contributed by atoms with Crippen LogP contribution >= 0.6 is 0 Å². The molecule has 1 fully saturated rings. The average molecular weight is 301 g/mol. The summed E-state index contributed by atoms with van der Waals surface area (Å²) in [5.41, 5.74) is 2.73. The molecule has 2 aromatic rings. The maximum absolute atomic E-state index is 9.48. The number of hydrogen-bond donors (Lipinski definition) is 1. The molecule has 22 heavy (non-hydrogen) atoms. The largest absolute Gasteiger partial charge is 0.494 e. The van der Waals surface area contributed by atoms with Crippen LogP contribution in [0.4, 0.5) is 0 Å². The first kappa shape index (κ1) is 15.0. The van der Waals surface area contributed by atoms with Gasteiger partial charge in [0, 0.05) is 5.92 Å². The van der Waals surface area contributed by atoms with Crippen molar-refractivity contribution >= 4 is 0 Å². The first-order valence-corrected chi connectivity index (χ1v) is 8.12. The molecule has 1 N–H and O–H groups in total. The van der Waals surface area contributed by atoms with Crippen LogP contribution in [0.5, 0.6) is 5.75 Å². The van der Waals surface area contributed by atoms with E-state index in [0.717, 1.165) is 49.4 Å². The molecule has 0 unspecified atom stereocenters. The fraction of sp³-hybridized carbons (Fsp3) is 0.529. The Labute approximate surface area is 130 Å². The van der Waals surface area contributed by atoms with Gasteiger partial charge in [-0.3, -0.25) is 0 Å². The molecule has 1 aliphatic rings. The minimum atomic E-state index is -0.0515. The summed E-state index contributed by atoms with van der Waals surface area (Å²) >= 11 is 0. The van der Waals surface area contributed by atoms with Crippen molar-refractivity contribution in [3.8, 4) is 11.4 Å². The van der Waals surface area contributed by atoms with Crippen LogP contribution in [0.1, 0.15) is 56.3 Å². The van der Waals surface area contributed by atoms with Gasteiger partial charge in [0.05, 0.1) is 24.6 Å². The van der Waals surface area contributed by atoms with Gasteiger partial charge in [0.25, 0.3) is 0 Å². The molecule has 0 saturated heterocycles. The third-order valence-corrected chi connectivity index (χ3v) is 4.27. The quantitative estimate of drug-likeness (QED) is 0.798. The van der Waals surface area contributed by atoms with Gasteiger partial charge in [-0.1, -0.05) is 25.0 Å². The van der Waals surface area contributed by atoms with Crippen molar-refractivity contribution in [1.82, 2.24) is 15.0 Å². The summed E-state index contributed by atoms with van der Waals surface area (Å²) in [6.45, 7) is 2.85. The highest BCUT2D eigenvalue weighted by Crippen LogP contribution is 2.38. The molecule has 5 heteroatoms. The molecule has 0 radical (unpaired) electrons. The predicted octanol–water partition coefficient (Wildman–Crippen LogP) is 3.21. The minimum absolute atomic E-state index is 0.0515. The smallest absolute Gasteiger partial charge is 0.119 e. The van der Waals surface area contributed by atoms with Gasteiger partial charge in [-0.2, -0.15) is 0 Å². The van der Waals surface area contributed by atoms with Gasteiger partial charge in [-0.15, -0.1) is 5.10 Å². The summed E-state index contributed by atoms with van der Waals surface area (Å²) in [4.78, 5) is 0. The number of hydrogen-bond acceptors (Lipinski definition) is 4. The molecule has 3 rings (SSSR count). The summed E-state index contributed by atoms with van der Waals surface area (Å²) < 4.78 is 7.55. The SMILES string of the molecule is CCCCOc1ccc(-n2nnc(CO)c2C2CCC2)cc1. The molecule has 0 atom stereocenters.